The van der Waals surface area contributed by atoms with E-state index in [-0.39, 0.29) is 24.1 Å². The summed E-state index contributed by atoms with van der Waals surface area (Å²) in [5.74, 6) is 0.821. The quantitative estimate of drug-likeness (QED) is 0.403. The van der Waals surface area contributed by atoms with Crippen LogP contribution < -0.4 is 0 Å². The van der Waals surface area contributed by atoms with E-state index in [4.69, 9.17) is 9.47 Å². The summed E-state index contributed by atoms with van der Waals surface area (Å²) in [5.41, 5.74) is 0. The Labute approximate surface area is 97.0 Å². The van der Waals surface area contributed by atoms with E-state index >= 15 is 0 Å². The summed E-state index contributed by atoms with van der Waals surface area (Å²) in [7, 11) is 0. The van der Waals surface area contributed by atoms with Crippen molar-refractivity contribution in [2.75, 3.05) is 19.0 Å². The zero-order valence-corrected chi connectivity index (χ0v) is 9.43. The van der Waals surface area contributed by atoms with Crippen molar-refractivity contribution in [3.05, 3.63) is 22.8 Å². The Kier molecular flexibility index (Phi) is 3.67. The van der Waals surface area contributed by atoms with E-state index in [9.17, 15) is 10.1 Å². The van der Waals surface area contributed by atoms with E-state index in [1.165, 1.54) is 0 Å². The van der Waals surface area contributed by atoms with Gasteiger partial charge >= 0.3 is 0 Å². The fourth-order valence-corrected chi connectivity index (χ4v) is 2.95. The standard InChI is InChI=1S/C9H13NO5S/c1-2-3-16-7-5-14-8-6(15-10(11)12)4-13-9(7)8/h2,6-9H,1,3-5H2/t6-,7-,8-,9-/m1/s1. The molecule has 16 heavy (non-hydrogen) atoms. The predicted octanol–water partition coefficient (Wildman–Crippen LogP) is 0.649. The van der Waals surface area contributed by atoms with Crippen molar-refractivity contribution in [3.63, 3.8) is 0 Å². The monoisotopic (exact) mass is 247 g/mol. The number of rotatable bonds is 5. The zero-order valence-electron chi connectivity index (χ0n) is 8.61. The average Bonchev–Trinajstić information content (AvgIpc) is 2.78. The summed E-state index contributed by atoms with van der Waals surface area (Å²) < 4.78 is 11.0. The molecule has 0 aliphatic carbocycles. The van der Waals surface area contributed by atoms with Gasteiger partial charge in [0.1, 0.15) is 12.2 Å². The van der Waals surface area contributed by atoms with Crippen LogP contribution in [0.3, 0.4) is 0 Å². The third-order valence-electron chi connectivity index (χ3n) is 2.61. The molecule has 0 bridgehead atoms. The van der Waals surface area contributed by atoms with Crippen LogP contribution >= 0.6 is 11.8 Å². The Morgan fingerprint density at radius 3 is 2.94 bits per heavy atom. The first kappa shape index (κ1) is 11.7. The summed E-state index contributed by atoms with van der Waals surface area (Å²) in [6, 6.07) is 0. The molecule has 2 aliphatic heterocycles. The van der Waals surface area contributed by atoms with Gasteiger partial charge in [-0.05, 0) is 0 Å². The van der Waals surface area contributed by atoms with E-state index in [2.05, 4.69) is 11.4 Å². The summed E-state index contributed by atoms with van der Waals surface area (Å²) >= 11 is 1.69. The highest BCUT2D eigenvalue weighted by Gasteiger charge is 2.49. The van der Waals surface area contributed by atoms with Gasteiger partial charge in [0, 0.05) is 5.75 Å². The number of hydrogen-bond donors (Lipinski definition) is 0. The SMILES string of the molecule is C=CCS[C@@H]1CO[C@H]2[C@@H]1OC[C@H]2O[N+](=O)[O-]. The van der Waals surface area contributed by atoms with Gasteiger partial charge in [-0.2, -0.15) is 0 Å². The maximum Gasteiger partial charge on any atom is 0.294 e. The lowest BCUT2D eigenvalue weighted by Crippen LogP contribution is -2.33. The van der Waals surface area contributed by atoms with Crippen LogP contribution in [0.4, 0.5) is 0 Å². The average molecular weight is 247 g/mol. The Morgan fingerprint density at radius 1 is 1.50 bits per heavy atom. The molecule has 6 nitrogen and oxygen atoms in total. The van der Waals surface area contributed by atoms with Crippen LogP contribution in [-0.2, 0) is 14.3 Å². The van der Waals surface area contributed by atoms with Crippen molar-refractivity contribution in [3.8, 4) is 0 Å². The second-order valence-electron chi connectivity index (χ2n) is 3.62. The lowest BCUT2D eigenvalue weighted by molar-refractivity contribution is -0.769. The Morgan fingerprint density at radius 2 is 2.25 bits per heavy atom. The van der Waals surface area contributed by atoms with Crippen LogP contribution in [-0.4, -0.2) is 47.6 Å². The molecular formula is C9H13NO5S. The van der Waals surface area contributed by atoms with Gasteiger partial charge in [0.15, 0.2) is 6.10 Å². The van der Waals surface area contributed by atoms with Crippen LogP contribution in [0.25, 0.3) is 0 Å². The van der Waals surface area contributed by atoms with Gasteiger partial charge in [0.25, 0.3) is 5.09 Å². The number of ether oxygens (including phenoxy) is 2. The predicted molar refractivity (Wildman–Crippen MR) is 57.8 cm³/mol. The molecule has 2 fully saturated rings. The van der Waals surface area contributed by atoms with E-state index in [0.717, 1.165) is 5.75 Å². The van der Waals surface area contributed by atoms with Crippen LogP contribution in [0.15, 0.2) is 12.7 Å². The highest BCUT2D eigenvalue weighted by Crippen LogP contribution is 2.34. The maximum absolute atomic E-state index is 10.3. The van der Waals surface area contributed by atoms with Gasteiger partial charge in [-0.25, -0.2) is 0 Å². The zero-order chi connectivity index (χ0) is 11.5. The molecule has 0 spiro atoms. The smallest absolute Gasteiger partial charge is 0.294 e. The molecule has 7 heteroatoms. The minimum atomic E-state index is -0.788. The lowest BCUT2D eigenvalue weighted by atomic mass is 10.1. The molecule has 0 radical (unpaired) electrons. The van der Waals surface area contributed by atoms with Crippen molar-refractivity contribution in [1.29, 1.82) is 0 Å². The first-order chi connectivity index (χ1) is 7.72. The fraction of sp³-hybridized carbons (Fsp3) is 0.778. The lowest BCUT2D eigenvalue weighted by Gasteiger charge is -2.14. The second kappa shape index (κ2) is 5.03. The Hall–Kier alpha value is -0.790. The highest BCUT2D eigenvalue weighted by molar-refractivity contribution is 8.00. The van der Waals surface area contributed by atoms with Crippen molar-refractivity contribution < 1.29 is 19.4 Å². The molecule has 0 unspecified atom stereocenters. The molecule has 2 aliphatic rings. The minimum Gasteiger partial charge on any atom is -0.372 e. The van der Waals surface area contributed by atoms with Crippen molar-refractivity contribution in [2.24, 2.45) is 0 Å². The third kappa shape index (κ3) is 2.31. The molecule has 0 aromatic heterocycles. The summed E-state index contributed by atoms with van der Waals surface area (Å²) in [5, 5.41) is 9.67. The first-order valence-corrected chi connectivity index (χ1v) is 6.04. The largest absolute Gasteiger partial charge is 0.372 e. The van der Waals surface area contributed by atoms with E-state index < -0.39 is 11.2 Å². The molecule has 2 saturated heterocycles. The van der Waals surface area contributed by atoms with E-state index in [0.29, 0.717) is 6.61 Å². The number of nitrogens with zero attached hydrogens (tertiary/aromatic N) is 1. The topological polar surface area (TPSA) is 70.8 Å². The molecule has 0 amide bonds. The van der Waals surface area contributed by atoms with Gasteiger partial charge in [-0.1, -0.05) is 6.08 Å². The van der Waals surface area contributed by atoms with Crippen LogP contribution in [0, 0.1) is 10.1 Å². The van der Waals surface area contributed by atoms with Gasteiger partial charge < -0.3 is 14.3 Å². The molecule has 0 N–H and O–H groups in total. The molecule has 0 aromatic rings. The van der Waals surface area contributed by atoms with Gasteiger partial charge in [0.05, 0.1) is 18.5 Å². The summed E-state index contributed by atoms with van der Waals surface area (Å²) in [4.78, 5) is 14.8. The van der Waals surface area contributed by atoms with Crippen molar-refractivity contribution in [1.82, 2.24) is 0 Å². The summed E-state index contributed by atoms with van der Waals surface area (Å²) in [6.45, 7) is 4.42. The highest BCUT2D eigenvalue weighted by atomic mass is 32.2. The molecule has 0 aromatic carbocycles. The summed E-state index contributed by atoms with van der Waals surface area (Å²) in [6.07, 6.45) is 0.815. The number of fused-ring (bicyclic) bond motifs is 1. The molecule has 2 heterocycles. The Balaban J connectivity index is 1.90. The molecule has 2 rings (SSSR count). The number of hydrogen-bond acceptors (Lipinski definition) is 6. The Bertz CT molecular complexity index is 287. The second-order valence-corrected chi connectivity index (χ2v) is 4.90. The normalized spacial score (nSPS) is 37.0. The number of thioether (sulfide) groups is 1. The van der Waals surface area contributed by atoms with E-state index in [1.807, 2.05) is 6.08 Å². The van der Waals surface area contributed by atoms with Gasteiger partial charge in [0.2, 0.25) is 0 Å². The van der Waals surface area contributed by atoms with E-state index in [1.54, 1.807) is 11.8 Å². The van der Waals surface area contributed by atoms with Gasteiger partial charge in [-0.15, -0.1) is 28.5 Å². The van der Waals surface area contributed by atoms with Gasteiger partial charge in [-0.3, -0.25) is 0 Å². The molecule has 90 valence electrons. The molecule has 0 saturated carbocycles. The first-order valence-electron chi connectivity index (χ1n) is 4.99. The molecule has 4 atom stereocenters. The third-order valence-corrected chi connectivity index (χ3v) is 3.87. The minimum absolute atomic E-state index is 0.102. The van der Waals surface area contributed by atoms with Crippen LogP contribution in [0.2, 0.25) is 0 Å². The molecular weight excluding hydrogens is 234 g/mol. The van der Waals surface area contributed by atoms with Crippen molar-refractivity contribution >= 4 is 11.8 Å². The fourth-order valence-electron chi connectivity index (χ4n) is 1.96. The van der Waals surface area contributed by atoms with Crippen molar-refractivity contribution in [2.45, 2.75) is 23.6 Å². The maximum atomic E-state index is 10.3. The van der Waals surface area contributed by atoms with Crippen LogP contribution in [0.1, 0.15) is 0 Å². The van der Waals surface area contributed by atoms with Crippen LogP contribution in [0.5, 0.6) is 0 Å².